The summed E-state index contributed by atoms with van der Waals surface area (Å²) < 4.78 is 6.06. The Morgan fingerprint density at radius 3 is 1.81 bits per heavy atom. The third kappa shape index (κ3) is 8.54. The maximum Gasteiger partial charge on any atom is 0.311 e. The number of ether oxygens (including phenoxy) is 1. The Kier molecular flexibility index (Phi) is 12.3. The van der Waals surface area contributed by atoms with Crippen molar-refractivity contribution in [2.75, 3.05) is 6.61 Å². The molecule has 0 fully saturated rings. The van der Waals surface area contributed by atoms with Crippen LogP contribution in [0.1, 0.15) is 109 Å². The number of carboxylic acids is 2. The molecule has 0 spiro atoms. The van der Waals surface area contributed by atoms with E-state index in [1.165, 1.54) is 38.5 Å². The molecule has 0 aliphatic rings. The number of benzene rings is 1. The first kappa shape index (κ1) is 27.0. The highest BCUT2D eigenvalue weighted by molar-refractivity contribution is 5.82. The minimum atomic E-state index is -0.952. The molecule has 0 aliphatic carbocycles. The topological polar surface area (TPSA) is 83.8 Å². The van der Waals surface area contributed by atoms with Gasteiger partial charge in [-0.1, -0.05) is 91.7 Å². The van der Waals surface area contributed by atoms with Crippen LogP contribution in [0.2, 0.25) is 0 Å². The van der Waals surface area contributed by atoms with Crippen LogP contribution in [0, 0.1) is 11.8 Å². The molecule has 0 aliphatic heterocycles. The van der Waals surface area contributed by atoms with E-state index in [2.05, 4.69) is 6.92 Å². The third-order valence-corrected chi connectivity index (χ3v) is 5.87. The lowest BCUT2D eigenvalue weighted by atomic mass is 9.78. The van der Waals surface area contributed by atoms with Crippen molar-refractivity contribution in [2.45, 2.75) is 97.8 Å². The van der Waals surface area contributed by atoms with Crippen LogP contribution in [0.3, 0.4) is 0 Å². The molecule has 5 heteroatoms. The summed E-state index contributed by atoms with van der Waals surface area (Å²) in [6.07, 6.45) is 9.54. The maximum atomic E-state index is 12.1. The Balaban J connectivity index is 3.00. The van der Waals surface area contributed by atoms with Crippen LogP contribution < -0.4 is 4.74 Å². The van der Waals surface area contributed by atoms with Gasteiger partial charge in [0.25, 0.3) is 0 Å². The van der Waals surface area contributed by atoms with Gasteiger partial charge < -0.3 is 14.9 Å². The van der Waals surface area contributed by atoms with Gasteiger partial charge >= 0.3 is 11.9 Å². The van der Waals surface area contributed by atoms with Gasteiger partial charge in [0.2, 0.25) is 0 Å². The Labute approximate surface area is 188 Å². The van der Waals surface area contributed by atoms with Crippen LogP contribution in [0.15, 0.2) is 18.2 Å². The Bertz CT molecular complexity index is 680. The number of unbranched alkanes of at least 4 members (excludes halogenated alkanes) is 7. The molecule has 0 heterocycles. The molecule has 0 saturated carbocycles. The SMILES string of the molecule is CCCCCCCCCCOc1cccc(C(C(=O)O)C(C)C)c1C(C(=O)O)C(C)C. The predicted octanol–water partition coefficient (Wildman–Crippen LogP) is 6.85. The largest absolute Gasteiger partial charge is 0.493 e. The van der Waals surface area contributed by atoms with E-state index in [1.54, 1.807) is 18.2 Å². The van der Waals surface area contributed by atoms with Gasteiger partial charge in [-0.25, -0.2) is 0 Å². The molecule has 31 heavy (non-hydrogen) atoms. The molecule has 0 aromatic heterocycles. The standard InChI is InChI=1S/C26H42O5/c1-6-7-8-9-10-11-12-13-17-31-21-16-14-15-20(22(18(2)3)25(27)28)24(21)23(19(4)5)26(29)30/h14-16,18-19,22-23H,6-13,17H2,1-5H3,(H,27,28)(H,29,30). The molecular weight excluding hydrogens is 392 g/mol. The molecule has 0 amide bonds. The second-order valence-corrected chi connectivity index (χ2v) is 9.20. The molecule has 1 aromatic rings. The number of rotatable bonds is 16. The summed E-state index contributed by atoms with van der Waals surface area (Å²) in [6.45, 7) is 10.1. The second-order valence-electron chi connectivity index (χ2n) is 9.20. The van der Waals surface area contributed by atoms with Gasteiger partial charge in [-0.05, 0) is 29.9 Å². The predicted molar refractivity (Wildman–Crippen MR) is 125 cm³/mol. The number of hydrogen-bond donors (Lipinski definition) is 2. The summed E-state index contributed by atoms with van der Waals surface area (Å²) in [5.41, 5.74) is 1.07. The van der Waals surface area contributed by atoms with Crippen LogP contribution >= 0.6 is 0 Å². The highest BCUT2D eigenvalue weighted by Crippen LogP contribution is 2.40. The van der Waals surface area contributed by atoms with E-state index in [-0.39, 0.29) is 11.8 Å². The fraction of sp³-hybridized carbons (Fsp3) is 0.692. The van der Waals surface area contributed by atoms with Gasteiger partial charge in [-0.15, -0.1) is 0 Å². The lowest BCUT2D eigenvalue weighted by Gasteiger charge is -2.27. The van der Waals surface area contributed by atoms with Crippen molar-refractivity contribution in [3.63, 3.8) is 0 Å². The lowest BCUT2D eigenvalue weighted by molar-refractivity contribution is -0.141. The number of hydrogen-bond acceptors (Lipinski definition) is 3. The summed E-state index contributed by atoms with van der Waals surface area (Å²) in [6, 6.07) is 5.30. The molecule has 2 unspecified atom stereocenters. The Morgan fingerprint density at radius 1 is 0.806 bits per heavy atom. The second kappa shape index (κ2) is 14.1. The average Bonchev–Trinajstić information content (AvgIpc) is 2.67. The van der Waals surface area contributed by atoms with Crippen LogP contribution in [0.4, 0.5) is 0 Å². The maximum absolute atomic E-state index is 12.1. The van der Waals surface area contributed by atoms with Crippen LogP contribution in [0.25, 0.3) is 0 Å². The fourth-order valence-electron chi connectivity index (χ4n) is 4.23. The minimum absolute atomic E-state index is 0.166. The van der Waals surface area contributed by atoms with Crippen LogP contribution in [-0.4, -0.2) is 28.8 Å². The number of carboxylic acid groups (broad SMARTS) is 2. The number of aliphatic carboxylic acids is 2. The fourth-order valence-corrected chi connectivity index (χ4v) is 4.23. The van der Waals surface area contributed by atoms with E-state index in [0.717, 1.165) is 12.8 Å². The summed E-state index contributed by atoms with van der Waals surface area (Å²) in [4.78, 5) is 24.1. The van der Waals surface area contributed by atoms with E-state index in [4.69, 9.17) is 4.74 Å². The van der Waals surface area contributed by atoms with E-state index in [9.17, 15) is 19.8 Å². The monoisotopic (exact) mass is 434 g/mol. The normalized spacial score (nSPS) is 13.4. The molecule has 0 bridgehead atoms. The van der Waals surface area contributed by atoms with Crippen molar-refractivity contribution in [2.24, 2.45) is 11.8 Å². The summed E-state index contributed by atoms with van der Waals surface area (Å²) in [7, 11) is 0. The van der Waals surface area contributed by atoms with Crippen molar-refractivity contribution in [1.29, 1.82) is 0 Å². The highest BCUT2D eigenvalue weighted by Gasteiger charge is 2.35. The van der Waals surface area contributed by atoms with Crippen molar-refractivity contribution >= 4 is 11.9 Å². The van der Waals surface area contributed by atoms with Crippen molar-refractivity contribution < 1.29 is 24.5 Å². The average molecular weight is 435 g/mol. The van der Waals surface area contributed by atoms with Gasteiger partial charge in [0.1, 0.15) is 5.75 Å². The first-order chi connectivity index (χ1) is 14.7. The van der Waals surface area contributed by atoms with Crippen LogP contribution in [0.5, 0.6) is 5.75 Å². The third-order valence-electron chi connectivity index (χ3n) is 5.87. The molecule has 5 nitrogen and oxygen atoms in total. The number of carbonyl (C=O) groups is 2. The van der Waals surface area contributed by atoms with Gasteiger partial charge in [0, 0.05) is 5.56 Å². The zero-order valence-corrected chi connectivity index (χ0v) is 20.0. The van der Waals surface area contributed by atoms with E-state index >= 15 is 0 Å². The Morgan fingerprint density at radius 2 is 1.32 bits per heavy atom. The molecule has 1 rings (SSSR count). The first-order valence-corrected chi connectivity index (χ1v) is 11.9. The smallest absolute Gasteiger partial charge is 0.311 e. The minimum Gasteiger partial charge on any atom is -0.493 e. The molecule has 1 aromatic carbocycles. The zero-order valence-electron chi connectivity index (χ0n) is 20.0. The van der Waals surface area contributed by atoms with Gasteiger partial charge in [0.05, 0.1) is 18.4 Å². The quantitative estimate of drug-likeness (QED) is 0.278. The van der Waals surface area contributed by atoms with E-state index < -0.39 is 23.8 Å². The summed E-state index contributed by atoms with van der Waals surface area (Å²) in [5, 5.41) is 19.8. The van der Waals surface area contributed by atoms with Crippen molar-refractivity contribution in [3.05, 3.63) is 29.3 Å². The van der Waals surface area contributed by atoms with Crippen LogP contribution in [-0.2, 0) is 9.59 Å². The van der Waals surface area contributed by atoms with Crippen molar-refractivity contribution in [1.82, 2.24) is 0 Å². The van der Waals surface area contributed by atoms with Crippen molar-refractivity contribution in [3.8, 4) is 5.75 Å². The van der Waals surface area contributed by atoms with Gasteiger partial charge in [-0.3, -0.25) is 9.59 Å². The van der Waals surface area contributed by atoms with Gasteiger partial charge in [-0.2, -0.15) is 0 Å². The Hall–Kier alpha value is -2.04. The van der Waals surface area contributed by atoms with E-state index in [1.807, 2.05) is 27.7 Å². The van der Waals surface area contributed by atoms with Gasteiger partial charge in [0.15, 0.2) is 0 Å². The summed E-state index contributed by atoms with van der Waals surface area (Å²) in [5.74, 6) is -3.33. The lowest BCUT2D eigenvalue weighted by Crippen LogP contribution is -2.25. The molecule has 2 atom stereocenters. The summed E-state index contributed by atoms with van der Waals surface area (Å²) >= 11 is 0. The zero-order chi connectivity index (χ0) is 23.4. The molecule has 0 saturated heterocycles. The first-order valence-electron chi connectivity index (χ1n) is 11.9. The molecule has 176 valence electrons. The molecule has 0 radical (unpaired) electrons. The van der Waals surface area contributed by atoms with E-state index in [0.29, 0.717) is 23.5 Å². The molecule has 2 N–H and O–H groups in total. The highest BCUT2D eigenvalue weighted by atomic mass is 16.5. The molecular formula is C26H42O5.